The standard InChI is InChI=1S/C27H31F4N7O3/c1-2-37(13-17-3-5-19(6-4-17)27(29,30)31)25-21(28)24(35-16-36-25)34-15-26(41)9-12-38(14-20(26)39)22(23(32)40)18-7-10-33-11-8-18/h3-8,10-11,16,20,22,39,41H,2,9,12-15H2,1H3,(H2,32,40)(H,34,35,36). The first kappa shape index (κ1) is 30.1. The summed E-state index contributed by atoms with van der Waals surface area (Å²) in [6.45, 7) is 2.04. The molecule has 0 saturated carbocycles. The van der Waals surface area contributed by atoms with Gasteiger partial charge in [0.05, 0.1) is 11.7 Å². The van der Waals surface area contributed by atoms with Gasteiger partial charge < -0.3 is 26.2 Å². The van der Waals surface area contributed by atoms with Crippen LogP contribution in [0.3, 0.4) is 0 Å². The molecule has 3 unspecified atom stereocenters. The van der Waals surface area contributed by atoms with Crippen LogP contribution in [-0.2, 0) is 17.5 Å². The molecule has 4 rings (SSSR count). The highest BCUT2D eigenvalue weighted by Gasteiger charge is 2.43. The number of alkyl halides is 3. The summed E-state index contributed by atoms with van der Waals surface area (Å²) in [6.07, 6.45) is -1.53. The van der Waals surface area contributed by atoms with Crippen molar-refractivity contribution in [1.29, 1.82) is 0 Å². The van der Waals surface area contributed by atoms with E-state index in [0.29, 0.717) is 17.7 Å². The van der Waals surface area contributed by atoms with E-state index in [9.17, 15) is 28.2 Å². The van der Waals surface area contributed by atoms with Gasteiger partial charge in [0.15, 0.2) is 11.6 Å². The zero-order chi connectivity index (χ0) is 29.8. The van der Waals surface area contributed by atoms with E-state index >= 15 is 4.39 Å². The Balaban J connectivity index is 1.43. The second-order valence-electron chi connectivity index (χ2n) is 9.87. The number of nitrogens with two attached hydrogens (primary N) is 1. The summed E-state index contributed by atoms with van der Waals surface area (Å²) in [5.74, 6) is -1.72. The summed E-state index contributed by atoms with van der Waals surface area (Å²) in [7, 11) is 0. The number of aliphatic hydroxyl groups excluding tert-OH is 1. The van der Waals surface area contributed by atoms with Crippen LogP contribution >= 0.6 is 0 Å². The van der Waals surface area contributed by atoms with E-state index in [1.807, 2.05) is 0 Å². The molecule has 0 spiro atoms. The van der Waals surface area contributed by atoms with Crippen molar-refractivity contribution in [3.63, 3.8) is 0 Å². The molecule has 41 heavy (non-hydrogen) atoms. The molecule has 0 bridgehead atoms. The van der Waals surface area contributed by atoms with Crippen LogP contribution in [0.1, 0.15) is 36.1 Å². The topological polar surface area (TPSA) is 141 Å². The van der Waals surface area contributed by atoms with Gasteiger partial charge in [-0.2, -0.15) is 17.6 Å². The van der Waals surface area contributed by atoms with E-state index < -0.39 is 41.2 Å². The first-order chi connectivity index (χ1) is 19.4. The van der Waals surface area contributed by atoms with Gasteiger partial charge in [-0.15, -0.1) is 0 Å². The monoisotopic (exact) mass is 577 g/mol. The smallest absolute Gasteiger partial charge is 0.389 e. The Hall–Kier alpha value is -3.88. The van der Waals surface area contributed by atoms with Crippen LogP contribution in [0.5, 0.6) is 0 Å². The highest BCUT2D eigenvalue weighted by molar-refractivity contribution is 5.81. The molecule has 1 aromatic carbocycles. The molecule has 0 aliphatic carbocycles. The molecule has 1 fully saturated rings. The lowest BCUT2D eigenvalue weighted by Crippen LogP contribution is -2.60. The second kappa shape index (κ2) is 12.3. The molecule has 1 aliphatic heterocycles. The minimum absolute atomic E-state index is 0.0462. The van der Waals surface area contributed by atoms with Crippen molar-refractivity contribution in [3.05, 3.63) is 77.6 Å². The highest BCUT2D eigenvalue weighted by Crippen LogP contribution is 2.32. The molecule has 10 nitrogen and oxygen atoms in total. The van der Waals surface area contributed by atoms with Gasteiger partial charge >= 0.3 is 6.18 Å². The quantitative estimate of drug-likeness (QED) is 0.268. The molecule has 1 amide bonds. The third-order valence-electron chi connectivity index (χ3n) is 7.19. The van der Waals surface area contributed by atoms with Crippen molar-refractivity contribution in [2.75, 3.05) is 36.4 Å². The van der Waals surface area contributed by atoms with Crippen molar-refractivity contribution >= 4 is 17.5 Å². The van der Waals surface area contributed by atoms with Gasteiger partial charge in [-0.25, -0.2) is 9.97 Å². The number of hydrogen-bond donors (Lipinski definition) is 4. The number of halogens is 4. The Kier molecular flexibility index (Phi) is 9.05. The number of hydrogen-bond acceptors (Lipinski definition) is 9. The number of amides is 1. The van der Waals surface area contributed by atoms with E-state index in [2.05, 4.69) is 20.3 Å². The Labute approximate surface area is 233 Å². The number of nitrogens with one attached hydrogen (secondary N) is 1. The average Bonchev–Trinajstić information content (AvgIpc) is 2.94. The van der Waals surface area contributed by atoms with Crippen molar-refractivity contribution in [3.8, 4) is 0 Å². The van der Waals surface area contributed by atoms with Gasteiger partial charge in [0.25, 0.3) is 0 Å². The summed E-state index contributed by atoms with van der Waals surface area (Å²) < 4.78 is 54.1. The Bertz CT molecular complexity index is 1330. The predicted octanol–water partition coefficient (Wildman–Crippen LogP) is 2.49. The number of likely N-dealkylation sites (tertiary alicyclic amines) is 1. The third kappa shape index (κ3) is 6.89. The number of aromatic nitrogens is 3. The summed E-state index contributed by atoms with van der Waals surface area (Å²) >= 11 is 0. The number of anilines is 2. The number of benzene rings is 1. The lowest BCUT2D eigenvalue weighted by atomic mass is 9.87. The van der Waals surface area contributed by atoms with Crippen molar-refractivity contribution < 1.29 is 32.6 Å². The van der Waals surface area contributed by atoms with Crippen LogP contribution in [0.25, 0.3) is 0 Å². The van der Waals surface area contributed by atoms with Gasteiger partial charge in [0.2, 0.25) is 11.7 Å². The lowest BCUT2D eigenvalue weighted by molar-refractivity contribution is -0.137. The zero-order valence-corrected chi connectivity index (χ0v) is 22.2. The number of aliphatic hydroxyl groups is 2. The number of pyridine rings is 1. The van der Waals surface area contributed by atoms with Crippen LogP contribution in [-0.4, -0.2) is 73.9 Å². The van der Waals surface area contributed by atoms with Crippen molar-refractivity contribution in [1.82, 2.24) is 19.9 Å². The van der Waals surface area contributed by atoms with Crippen LogP contribution < -0.4 is 16.0 Å². The van der Waals surface area contributed by atoms with E-state index in [1.54, 1.807) is 24.0 Å². The number of rotatable bonds is 10. The molecule has 14 heteroatoms. The Morgan fingerprint density at radius 2 is 1.90 bits per heavy atom. The normalized spacial score (nSPS) is 20.4. The van der Waals surface area contributed by atoms with Crippen LogP contribution in [0, 0.1) is 5.82 Å². The van der Waals surface area contributed by atoms with Crippen LogP contribution in [0.4, 0.5) is 29.2 Å². The van der Waals surface area contributed by atoms with E-state index in [0.717, 1.165) is 18.5 Å². The van der Waals surface area contributed by atoms with Gasteiger partial charge in [-0.05, 0) is 48.7 Å². The summed E-state index contributed by atoms with van der Waals surface area (Å²) in [4.78, 5) is 27.3. The summed E-state index contributed by atoms with van der Waals surface area (Å²) in [5.41, 5.74) is 4.31. The molecule has 2 aromatic heterocycles. The number of piperidine rings is 1. The summed E-state index contributed by atoms with van der Waals surface area (Å²) in [6, 6.07) is 7.05. The van der Waals surface area contributed by atoms with Gasteiger partial charge in [-0.3, -0.25) is 14.7 Å². The molecular weight excluding hydrogens is 546 g/mol. The first-order valence-corrected chi connectivity index (χ1v) is 12.9. The fourth-order valence-corrected chi connectivity index (χ4v) is 4.83. The molecule has 1 saturated heterocycles. The SMILES string of the molecule is CCN(Cc1ccc(C(F)(F)F)cc1)c1ncnc(NCC2(O)CCN(C(C(N)=O)c3ccncc3)CC2O)c1F. The summed E-state index contributed by atoms with van der Waals surface area (Å²) in [5, 5.41) is 24.8. The van der Waals surface area contributed by atoms with Gasteiger partial charge in [-0.1, -0.05) is 12.1 Å². The fraction of sp³-hybridized carbons (Fsp3) is 0.407. The molecule has 3 atom stereocenters. The highest BCUT2D eigenvalue weighted by atomic mass is 19.4. The van der Waals surface area contributed by atoms with E-state index in [4.69, 9.17) is 5.73 Å². The first-order valence-electron chi connectivity index (χ1n) is 12.9. The maximum Gasteiger partial charge on any atom is 0.416 e. The number of nitrogens with zero attached hydrogens (tertiary/aromatic N) is 5. The Morgan fingerprint density at radius 1 is 1.22 bits per heavy atom. The molecule has 1 aliphatic rings. The van der Waals surface area contributed by atoms with E-state index in [1.165, 1.54) is 29.4 Å². The van der Waals surface area contributed by atoms with Crippen LogP contribution in [0.2, 0.25) is 0 Å². The van der Waals surface area contributed by atoms with Crippen molar-refractivity contribution in [2.24, 2.45) is 5.73 Å². The molecule has 220 valence electrons. The third-order valence-corrected chi connectivity index (χ3v) is 7.19. The number of β-amino-alcohol motifs (C(OH)–C–C–N with tert-alkyl or cyclic N) is 1. The van der Waals surface area contributed by atoms with E-state index in [-0.39, 0.29) is 44.2 Å². The second-order valence-corrected chi connectivity index (χ2v) is 9.87. The molecule has 5 N–H and O–H groups in total. The lowest BCUT2D eigenvalue weighted by Gasteiger charge is -2.44. The minimum Gasteiger partial charge on any atom is -0.389 e. The molecular formula is C27H31F4N7O3. The average molecular weight is 578 g/mol. The zero-order valence-electron chi connectivity index (χ0n) is 22.2. The van der Waals surface area contributed by atoms with Gasteiger partial charge in [0.1, 0.15) is 18.0 Å². The number of carbonyl (C=O) groups excluding carboxylic acids is 1. The number of carbonyl (C=O) groups is 1. The predicted molar refractivity (Wildman–Crippen MR) is 142 cm³/mol. The minimum atomic E-state index is -4.46. The molecule has 3 aromatic rings. The maximum atomic E-state index is 15.5. The van der Waals surface area contributed by atoms with Crippen molar-refractivity contribution in [2.45, 2.75) is 43.8 Å². The molecule has 0 radical (unpaired) electrons. The fourth-order valence-electron chi connectivity index (χ4n) is 4.83. The molecule has 3 heterocycles. The van der Waals surface area contributed by atoms with Crippen LogP contribution in [0.15, 0.2) is 55.1 Å². The number of primary amides is 1. The largest absolute Gasteiger partial charge is 0.416 e. The maximum absolute atomic E-state index is 15.5. The Morgan fingerprint density at radius 3 is 2.49 bits per heavy atom. The van der Waals surface area contributed by atoms with Gasteiger partial charge in [0, 0.05) is 45.1 Å².